The number of nitrogens with one attached hydrogen (secondary N) is 1. The van der Waals surface area contributed by atoms with Gasteiger partial charge >= 0.3 is 0 Å². The zero-order valence-corrected chi connectivity index (χ0v) is 10.5. The number of hydrogen-bond donors (Lipinski definition) is 2. The largest absolute Gasteiger partial charge is 0.384 e. The van der Waals surface area contributed by atoms with Crippen molar-refractivity contribution in [2.24, 2.45) is 0 Å². The lowest BCUT2D eigenvalue weighted by atomic mass is 9.95. The maximum Gasteiger partial charge on any atom is 0.0992 e. The van der Waals surface area contributed by atoms with Gasteiger partial charge in [-0.2, -0.15) is 0 Å². The van der Waals surface area contributed by atoms with Crippen LogP contribution in [-0.4, -0.2) is 17.7 Å². The first-order valence-corrected chi connectivity index (χ1v) is 6.09. The van der Waals surface area contributed by atoms with Crippen LogP contribution in [0.5, 0.6) is 0 Å². The van der Waals surface area contributed by atoms with E-state index in [0.717, 1.165) is 11.1 Å². The molecule has 0 aromatic heterocycles. The smallest absolute Gasteiger partial charge is 0.0992 e. The maximum absolute atomic E-state index is 10.4. The molecule has 1 unspecified atom stereocenters. The van der Waals surface area contributed by atoms with Crippen molar-refractivity contribution in [3.05, 3.63) is 34.3 Å². The molecule has 0 bridgehead atoms. The minimum Gasteiger partial charge on any atom is -0.384 e. The van der Waals surface area contributed by atoms with Crippen LogP contribution < -0.4 is 5.32 Å². The number of rotatable bonds is 4. The first kappa shape index (κ1) is 11.9. The summed E-state index contributed by atoms with van der Waals surface area (Å²) in [7, 11) is 0. The van der Waals surface area contributed by atoms with Gasteiger partial charge in [-0.25, -0.2) is 0 Å². The van der Waals surface area contributed by atoms with Gasteiger partial charge in [-0.1, -0.05) is 23.7 Å². The summed E-state index contributed by atoms with van der Waals surface area (Å²) < 4.78 is 0. The summed E-state index contributed by atoms with van der Waals surface area (Å²) in [6.45, 7) is 4.36. The van der Waals surface area contributed by atoms with Gasteiger partial charge in [0.1, 0.15) is 0 Å². The zero-order chi connectivity index (χ0) is 11.8. The summed E-state index contributed by atoms with van der Waals surface area (Å²) in [5.41, 5.74) is 1.06. The molecule has 3 heteroatoms. The van der Waals surface area contributed by atoms with E-state index in [1.807, 2.05) is 32.0 Å². The molecule has 0 heterocycles. The summed E-state index contributed by atoms with van der Waals surface area (Å²) in [4.78, 5) is 0. The highest BCUT2D eigenvalue weighted by Gasteiger charge is 2.28. The Bertz CT molecular complexity index is 386. The van der Waals surface area contributed by atoms with E-state index in [1.165, 1.54) is 12.8 Å². The molecule has 88 valence electrons. The monoisotopic (exact) mass is 239 g/mol. The van der Waals surface area contributed by atoms with Crippen molar-refractivity contribution in [3.8, 4) is 0 Å². The predicted octanol–water partition coefficient (Wildman–Crippen LogP) is 2.61. The number of halogens is 1. The van der Waals surface area contributed by atoms with E-state index in [9.17, 15) is 5.11 Å². The van der Waals surface area contributed by atoms with Crippen molar-refractivity contribution in [2.75, 3.05) is 6.54 Å². The Morgan fingerprint density at radius 2 is 2.19 bits per heavy atom. The molecule has 1 atom stereocenters. The third-order valence-electron chi connectivity index (χ3n) is 3.11. The molecule has 16 heavy (non-hydrogen) atoms. The Morgan fingerprint density at radius 3 is 2.75 bits per heavy atom. The fourth-order valence-electron chi connectivity index (χ4n) is 1.66. The van der Waals surface area contributed by atoms with E-state index in [2.05, 4.69) is 5.32 Å². The highest BCUT2D eigenvalue weighted by atomic mass is 35.5. The van der Waals surface area contributed by atoms with E-state index in [1.54, 1.807) is 0 Å². The van der Waals surface area contributed by atoms with Crippen molar-refractivity contribution in [1.29, 1.82) is 0 Å². The van der Waals surface area contributed by atoms with Crippen LogP contribution in [0.1, 0.15) is 30.9 Å². The first-order chi connectivity index (χ1) is 7.49. The maximum atomic E-state index is 10.4. The SMILES string of the molecule is Cc1ccc(C(C)(O)CNC2CC2)cc1Cl. The van der Waals surface area contributed by atoms with Gasteiger partial charge in [0.2, 0.25) is 0 Å². The Balaban J connectivity index is 2.09. The van der Waals surface area contributed by atoms with Gasteiger partial charge in [-0.15, -0.1) is 0 Å². The lowest BCUT2D eigenvalue weighted by molar-refractivity contribution is 0.0566. The lowest BCUT2D eigenvalue weighted by Gasteiger charge is -2.25. The normalized spacial score (nSPS) is 19.5. The number of hydrogen-bond acceptors (Lipinski definition) is 2. The highest BCUT2D eigenvalue weighted by molar-refractivity contribution is 6.31. The van der Waals surface area contributed by atoms with Crippen LogP contribution in [0.3, 0.4) is 0 Å². The van der Waals surface area contributed by atoms with Gasteiger partial charge in [0, 0.05) is 17.6 Å². The van der Waals surface area contributed by atoms with Crippen molar-refractivity contribution in [1.82, 2.24) is 5.32 Å². The minimum absolute atomic E-state index is 0.580. The van der Waals surface area contributed by atoms with Gasteiger partial charge in [-0.05, 0) is 43.9 Å². The predicted molar refractivity (Wildman–Crippen MR) is 66.8 cm³/mol. The van der Waals surface area contributed by atoms with Crippen LogP contribution in [0.15, 0.2) is 18.2 Å². The van der Waals surface area contributed by atoms with Gasteiger partial charge in [0.25, 0.3) is 0 Å². The Labute approximate surface area is 102 Å². The second-order valence-corrected chi connectivity index (χ2v) is 5.30. The van der Waals surface area contributed by atoms with E-state index < -0.39 is 5.60 Å². The van der Waals surface area contributed by atoms with Crippen LogP contribution >= 0.6 is 11.6 Å². The fourth-order valence-corrected chi connectivity index (χ4v) is 1.84. The van der Waals surface area contributed by atoms with E-state index >= 15 is 0 Å². The number of aliphatic hydroxyl groups is 1. The molecule has 1 fully saturated rings. The van der Waals surface area contributed by atoms with Crippen molar-refractivity contribution >= 4 is 11.6 Å². The molecule has 0 amide bonds. The van der Waals surface area contributed by atoms with E-state index in [0.29, 0.717) is 17.6 Å². The number of benzene rings is 1. The molecule has 0 saturated heterocycles. The highest BCUT2D eigenvalue weighted by Crippen LogP contribution is 2.27. The summed E-state index contributed by atoms with van der Waals surface area (Å²) in [5, 5.41) is 14.4. The quantitative estimate of drug-likeness (QED) is 0.847. The molecule has 0 radical (unpaired) electrons. The molecule has 1 saturated carbocycles. The molecule has 2 N–H and O–H groups in total. The third kappa shape index (κ3) is 2.76. The first-order valence-electron chi connectivity index (χ1n) is 5.71. The lowest BCUT2D eigenvalue weighted by Crippen LogP contribution is -2.36. The molecule has 0 spiro atoms. The molecular formula is C13H18ClNO. The van der Waals surface area contributed by atoms with Crippen LogP contribution in [0.4, 0.5) is 0 Å². The standard InChI is InChI=1S/C13H18ClNO/c1-9-3-4-10(7-12(9)14)13(2,16)8-15-11-5-6-11/h3-4,7,11,15-16H,5-6,8H2,1-2H3. The summed E-state index contributed by atoms with van der Waals surface area (Å²) in [5.74, 6) is 0. The second kappa shape index (κ2) is 4.36. The Morgan fingerprint density at radius 1 is 1.50 bits per heavy atom. The van der Waals surface area contributed by atoms with E-state index in [-0.39, 0.29) is 0 Å². The summed E-state index contributed by atoms with van der Waals surface area (Å²) in [6, 6.07) is 6.34. The zero-order valence-electron chi connectivity index (χ0n) is 9.76. The van der Waals surface area contributed by atoms with Crippen LogP contribution in [0, 0.1) is 6.92 Å². The third-order valence-corrected chi connectivity index (χ3v) is 3.51. The van der Waals surface area contributed by atoms with Crippen molar-refractivity contribution < 1.29 is 5.11 Å². The summed E-state index contributed by atoms with van der Waals surface area (Å²) >= 11 is 6.06. The van der Waals surface area contributed by atoms with Gasteiger partial charge in [0.15, 0.2) is 0 Å². The minimum atomic E-state index is -0.847. The Kier molecular flexibility index (Phi) is 3.24. The van der Waals surface area contributed by atoms with Gasteiger partial charge < -0.3 is 10.4 Å². The molecule has 0 aliphatic heterocycles. The molecule has 1 aromatic rings. The van der Waals surface area contributed by atoms with Crippen LogP contribution in [0.25, 0.3) is 0 Å². The molecule has 1 aliphatic rings. The van der Waals surface area contributed by atoms with Crippen LogP contribution in [0.2, 0.25) is 5.02 Å². The average Bonchev–Trinajstić information content (AvgIpc) is 3.03. The second-order valence-electron chi connectivity index (χ2n) is 4.89. The number of aryl methyl sites for hydroxylation is 1. The molecular weight excluding hydrogens is 222 g/mol. The molecule has 1 aromatic carbocycles. The van der Waals surface area contributed by atoms with E-state index in [4.69, 9.17) is 11.6 Å². The van der Waals surface area contributed by atoms with Crippen molar-refractivity contribution in [3.63, 3.8) is 0 Å². The average molecular weight is 240 g/mol. The molecule has 2 rings (SSSR count). The molecule has 2 nitrogen and oxygen atoms in total. The molecule has 1 aliphatic carbocycles. The summed E-state index contributed by atoms with van der Waals surface area (Å²) in [6.07, 6.45) is 2.45. The van der Waals surface area contributed by atoms with Gasteiger partial charge in [0.05, 0.1) is 5.60 Å². The van der Waals surface area contributed by atoms with Crippen LogP contribution in [-0.2, 0) is 5.60 Å². The van der Waals surface area contributed by atoms with Crippen molar-refractivity contribution in [2.45, 2.75) is 38.3 Å². The Hall–Kier alpha value is -0.570. The fraction of sp³-hybridized carbons (Fsp3) is 0.538. The topological polar surface area (TPSA) is 32.3 Å². The van der Waals surface area contributed by atoms with Gasteiger partial charge in [-0.3, -0.25) is 0 Å².